The number of nitrogens with one attached hydrogen (secondary N) is 2. The largest absolute Gasteiger partial charge is 0.497 e. The van der Waals surface area contributed by atoms with Crippen LogP contribution in [0.3, 0.4) is 0 Å². The van der Waals surface area contributed by atoms with Gasteiger partial charge < -0.3 is 10.1 Å². The van der Waals surface area contributed by atoms with Crippen molar-refractivity contribution >= 4 is 45.1 Å². The second-order valence-electron chi connectivity index (χ2n) is 7.56. The Labute approximate surface area is 212 Å². The Bertz CT molecular complexity index is 1410. The lowest BCUT2D eigenvalue weighted by Crippen LogP contribution is -2.39. The fourth-order valence-corrected chi connectivity index (χ4v) is 4.55. The molecular weight excluding hydrogens is 502 g/mol. The lowest BCUT2D eigenvalue weighted by atomic mass is 10.2. The van der Waals surface area contributed by atoms with Gasteiger partial charge >= 0.3 is 0 Å². The molecule has 0 aliphatic rings. The highest BCUT2D eigenvalue weighted by atomic mass is 32.2. The van der Waals surface area contributed by atoms with E-state index in [1.165, 1.54) is 80.9 Å². The van der Waals surface area contributed by atoms with Crippen molar-refractivity contribution in [2.24, 2.45) is 5.10 Å². The minimum atomic E-state index is -4.20. The van der Waals surface area contributed by atoms with Crippen molar-refractivity contribution in [2.45, 2.75) is 11.8 Å². The molecule has 0 aromatic heterocycles. The highest BCUT2D eigenvalue weighted by molar-refractivity contribution is 7.92. The molecule has 3 aromatic rings. The molecule has 0 aliphatic carbocycles. The van der Waals surface area contributed by atoms with E-state index in [-0.39, 0.29) is 22.2 Å². The Morgan fingerprint density at radius 3 is 2.19 bits per heavy atom. The number of hydrogen-bond donors (Lipinski definition) is 2. The number of nitro benzene ring substituents is 1. The Balaban J connectivity index is 1.82. The lowest BCUT2D eigenvalue weighted by molar-refractivity contribution is -0.384. The molecule has 2 amide bonds. The van der Waals surface area contributed by atoms with Crippen LogP contribution in [0.2, 0.25) is 0 Å². The number of nitro groups is 1. The third-order valence-corrected chi connectivity index (χ3v) is 6.71. The van der Waals surface area contributed by atoms with Gasteiger partial charge in [0.25, 0.3) is 21.6 Å². The zero-order valence-corrected chi connectivity index (χ0v) is 20.6. The highest BCUT2D eigenvalue weighted by Gasteiger charge is 2.27. The van der Waals surface area contributed by atoms with Crippen LogP contribution in [0.5, 0.6) is 5.75 Å². The van der Waals surface area contributed by atoms with Crippen LogP contribution in [0.15, 0.2) is 82.8 Å². The zero-order chi connectivity index (χ0) is 27.0. The summed E-state index contributed by atoms with van der Waals surface area (Å²) in [7, 11) is -2.73. The van der Waals surface area contributed by atoms with Crippen molar-refractivity contribution in [1.82, 2.24) is 5.43 Å². The second-order valence-corrected chi connectivity index (χ2v) is 9.42. The van der Waals surface area contributed by atoms with Crippen molar-refractivity contribution in [1.29, 1.82) is 0 Å². The number of non-ortho nitro benzene ring substituents is 1. The summed E-state index contributed by atoms with van der Waals surface area (Å²) in [5.74, 6) is -0.535. The number of methoxy groups -OCH3 is 1. The predicted octanol–water partition coefficient (Wildman–Crippen LogP) is 2.91. The van der Waals surface area contributed by atoms with Crippen LogP contribution >= 0.6 is 0 Å². The third kappa shape index (κ3) is 7.11. The van der Waals surface area contributed by atoms with Crippen LogP contribution in [-0.4, -0.2) is 45.0 Å². The first-order valence-electron chi connectivity index (χ1n) is 10.7. The molecule has 3 rings (SSSR count). The monoisotopic (exact) mass is 525 g/mol. The molecule has 13 heteroatoms. The molecule has 0 atom stereocenters. The van der Waals surface area contributed by atoms with Crippen molar-refractivity contribution in [3.05, 3.63) is 88.5 Å². The first-order valence-corrected chi connectivity index (χ1v) is 12.1. The van der Waals surface area contributed by atoms with Gasteiger partial charge in [-0.3, -0.25) is 24.0 Å². The SMILES string of the molecule is COc1ccc(N(CC(=O)NN=Cc2ccc([N+](=O)[O-])cc2)S(=O)(=O)c2ccc(NC(C)=O)cc2)cc1. The summed E-state index contributed by atoms with van der Waals surface area (Å²) in [4.78, 5) is 34.0. The number of nitrogens with zero attached hydrogens (tertiary/aromatic N) is 3. The molecule has 192 valence electrons. The van der Waals surface area contributed by atoms with E-state index in [1.807, 2.05) is 0 Å². The summed E-state index contributed by atoms with van der Waals surface area (Å²) in [6.45, 7) is 0.735. The number of anilines is 2. The molecule has 0 saturated heterocycles. The fourth-order valence-electron chi connectivity index (χ4n) is 3.13. The molecule has 0 heterocycles. The Morgan fingerprint density at radius 2 is 1.65 bits per heavy atom. The number of amides is 2. The standard InChI is InChI=1S/C24H23N5O7S/c1-17(30)26-19-5-13-23(14-6-19)37(34,35)28(20-9-11-22(36-2)12-10-20)16-24(31)27-25-15-18-3-7-21(8-4-18)29(32)33/h3-15H,16H2,1-2H3,(H,26,30)(H,27,31). The van der Waals surface area contributed by atoms with E-state index in [4.69, 9.17) is 4.74 Å². The van der Waals surface area contributed by atoms with Gasteiger partial charge in [0.05, 0.1) is 28.8 Å². The number of hydrazone groups is 1. The van der Waals surface area contributed by atoms with Crippen molar-refractivity contribution in [3.63, 3.8) is 0 Å². The van der Waals surface area contributed by atoms with Gasteiger partial charge in [-0.25, -0.2) is 13.8 Å². The summed E-state index contributed by atoms with van der Waals surface area (Å²) in [5, 5.41) is 17.1. The Hall–Kier alpha value is -4.78. The highest BCUT2D eigenvalue weighted by Crippen LogP contribution is 2.26. The number of ether oxygens (including phenoxy) is 1. The van der Waals surface area contributed by atoms with Gasteiger partial charge in [0, 0.05) is 24.7 Å². The quantitative estimate of drug-likeness (QED) is 0.234. The molecule has 37 heavy (non-hydrogen) atoms. The average Bonchev–Trinajstić information content (AvgIpc) is 2.87. The molecular formula is C24H23N5O7S. The van der Waals surface area contributed by atoms with Gasteiger partial charge in [-0.1, -0.05) is 0 Å². The van der Waals surface area contributed by atoms with Crippen molar-refractivity contribution in [3.8, 4) is 5.75 Å². The van der Waals surface area contributed by atoms with Crippen molar-refractivity contribution in [2.75, 3.05) is 23.3 Å². The number of carbonyl (C=O) groups is 2. The summed E-state index contributed by atoms with van der Waals surface area (Å²) >= 11 is 0. The number of rotatable bonds is 10. The topological polar surface area (TPSA) is 160 Å². The molecule has 0 saturated carbocycles. The van der Waals surface area contributed by atoms with Crippen LogP contribution in [0.1, 0.15) is 12.5 Å². The molecule has 0 fully saturated rings. The third-order valence-electron chi connectivity index (χ3n) is 4.92. The first-order chi connectivity index (χ1) is 17.6. The molecule has 0 spiro atoms. The van der Waals surface area contributed by atoms with Crippen LogP contribution in [0, 0.1) is 10.1 Å². The molecule has 3 aromatic carbocycles. The van der Waals surface area contributed by atoms with Crippen LogP contribution in [0.4, 0.5) is 17.1 Å². The van der Waals surface area contributed by atoms with Gasteiger partial charge in [0.1, 0.15) is 12.3 Å². The van der Waals surface area contributed by atoms with Gasteiger partial charge in [-0.2, -0.15) is 5.10 Å². The molecule has 12 nitrogen and oxygen atoms in total. The van der Waals surface area contributed by atoms with E-state index in [1.54, 1.807) is 12.1 Å². The smallest absolute Gasteiger partial charge is 0.269 e. The van der Waals surface area contributed by atoms with E-state index in [2.05, 4.69) is 15.8 Å². The van der Waals surface area contributed by atoms with Gasteiger partial charge in [-0.15, -0.1) is 0 Å². The average molecular weight is 526 g/mol. The van der Waals surface area contributed by atoms with Crippen LogP contribution in [-0.2, 0) is 19.6 Å². The Morgan fingerprint density at radius 1 is 1.03 bits per heavy atom. The fraction of sp³-hybridized carbons (Fsp3) is 0.125. The predicted molar refractivity (Wildman–Crippen MR) is 137 cm³/mol. The zero-order valence-electron chi connectivity index (χ0n) is 19.8. The van der Waals surface area contributed by atoms with Crippen LogP contribution in [0.25, 0.3) is 0 Å². The summed E-state index contributed by atoms with van der Waals surface area (Å²) in [6, 6.07) is 17.1. The number of sulfonamides is 1. The van der Waals surface area contributed by atoms with E-state index in [9.17, 15) is 28.1 Å². The van der Waals surface area contributed by atoms with Gasteiger partial charge in [0.15, 0.2) is 0 Å². The van der Waals surface area contributed by atoms with E-state index >= 15 is 0 Å². The summed E-state index contributed by atoms with van der Waals surface area (Å²) in [5.41, 5.74) is 3.29. The molecule has 0 bridgehead atoms. The molecule has 0 radical (unpaired) electrons. The van der Waals surface area contributed by atoms with Crippen molar-refractivity contribution < 1.29 is 27.7 Å². The van der Waals surface area contributed by atoms with Gasteiger partial charge in [0.2, 0.25) is 5.91 Å². The van der Waals surface area contributed by atoms with E-state index in [0.29, 0.717) is 17.0 Å². The minimum absolute atomic E-state index is 0.0911. The molecule has 2 N–H and O–H groups in total. The van der Waals surface area contributed by atoms with E-state index < -0.39 is 27.4 Å². The van der Waals surface area contributed by atoms with E-state index in [0.717, 1.165) is 4.31 Å². The minimum Gasteiger partial charge on any atom is -0.497 e. The number of hydrogen-bond acceptors (Lipinski definition) is 8. The summed E-state index contributed by atoms with van der Waals surface area (Å²) in [6.07, 6.45) is 1.27. The number of carbonyl (C=O) groups excluding carboxylic acids is 2. The normalized spacial score (nSPS) is 11.1. The molecule has 0 aliphatic heterocycles. The number of benzene rings is 3. The maximum Gasteiger partial charge on any atom is 0.269 e. The maximum atomic E-state index is 13.5. The van der Waals surface area contributed by atoms with Gasteiger partial charge in [-0.05, 0) is 66.2 Å². The summed E-state index contributed by atoms with van der Waals surface area (Å²) < 4.78 is 33.0. The Kier molecular flexibility index (Phi) is 8.53. The first kappa shape index (κ1) is 26.8. The molecule has 0 unspecified atom stereocenters. The maximum absolute atomic E-state index is 13.5. The van der Waals surface area contributed by atoms with Crippen LogP contribution < -0.4 is 19.8 Å². The lowest BCUT2D eigenvalue weighted by Gasteiger charge is -2.24. The second kappa shape index (κ2) is 11.8.